The van der Waals surface area contributed by atoms with Gasteiger partial charge in [-0.15, -0.1) is 0 Å². The normalized spacial score (nSPS) is 27.8. The maximum atomic E-state index is 9.10. The molecule has 2 rings (SSSR count). The lowest BCUT2D eigenvalue weighted by atomic mass is 9.97. The molecular formula is C10H13NO2. The third-order valence-electron chi connectivity index (χ3n) is 2.46. The Morgan fingerprint density at radius 1 is 1.62 bits per heavy atom. The van der Waals surface area contributed by atoms with Gasteiger partial charge < -0.3 is 9.84 Å². The Morgan fingerprint density at radius 2 is 2.54 bits per heavy atom. The maximum absolute atomic E-state index is 9.10. The van der Waals surface area contributed by atoms with E-state index in [9.17, 15) is 0 Å². The Morgan fingerprint density at radius 3 is 3.23 bits per heavy atom. The fraction of sp³-hybridized carbons (Fsp3) is 0.500. The summed E-state index contributed by atoms with van der Waals surface area (Å²) in [5, 5.41) is 9.10. The second-order valence-electron chi connectivity index (χ2n) is 3.31. The molecule has 2 atom stereocenters. The van der Waals surface area contributed by atoms with Gasteiger partial charge in [-0.3, -0.25) is 4.98 Å². The minimum atomic E-state index is 0.0405. The quantitative estimate of drug-likeness (QED) is 0.740. The van der Waals surface area contributed by atoms with Gasteiger partial charge in [-0.05, 0) is 18.1 Å². The maximum Gasteiger partial charge on any atom is 0.0890 e. The zero-order valence-electron chi connectivity index (χ0n) is 7.39. The lowest BCUT2D eigenvalue weighted by molar-refractivity contribution is 0.0718. The highest BCUT2D eigenvalue weighted by molar-refractivity contribution is 5.14. The van der Waals surface area contributed by atoms with E-state index < -0.39 is 0 Å². The van der Waals surface area contributed by atoms with E-state index in [1.165, 1.54) is 0 Å². The van der Waals surface area contributed by atoms with Crippen LogP contribution >= 0.6 is 0 Å². The molecule has 1 saturated heterocycles. The van der Waals surface area contributed by atoms with Crippen LogP contribution in [0.5, 0.6) is 0 Å². The lowest BCUT2D eigenvalue weighted by Gasteiger charge is -2.15. The lowest BCUT2D eigenvalue weighted by Crippen LogP contribution is -2.11. The Hall–Kier alpha value is -0.930. The Labute approximate surface area is 77.4 Å². The highest BCUT2D eigenvalue weighted by atomic mass is 16.5. The summed E-state index contributed by atoms with van der Waals surface area (Å²) in [5.41, 5.74) is 1.07. The van der Waals surface area contributed by atoms with Gasteiger partial charge >= 0.3 is 0 Å². The molecule has 1 aliphatic heterocycles. The summed E-state index contributed by atoms with van der Waals surface area (Å²) in [6.45, 7) is 0.935. The summed E-state index contributed by atoms with van der Waals surface area (Å²) < 4.78 is 5.54. The molecular weight excluding hydrogens is 166 g/mol. The van der Waals surface area contributed by atoms with E-state index in [1.54, 1.807) is 12.4 Å². The van der Waals surface area contributed by atoms with Crippen molar-refractivity contribution in [2.45, 2.75) is 12.5 Å². The molecule has 1 fully saturated rings. The van der Waals surface area contributed by atoms with E-state index in [4.69, 9.17) is 9.84 Å². The van der Waals surface area contributed by atoms with E-state index in [0.29, 0.717) is 0 Å². The number of rotatable bonds is 2. The van der Waals surface area contributed by atoms with Gasteiger partial charge in [-0.25, -0.2) is 0 Å². The minimum Gasteiger partial charge on any atom is -0.396 e. The molecule has 0 spiro atoms. The first kappa shape index (κ1) is 8.66. The number of aromatic nitrogens is 1. The highest BCUT2D eigenvalue weighted by Crippen LogP contribution is 2.33. The van der Waals surface area contributed by atoms with Crippen molar-refractivity contribution < 1.29 is 9.84 Å². The predicted molar refractivity (Wildman–Crippen MR) is 48.1 cm³/mol. The SMILES string of the molecule is OCC1CCOC1c1cccnc1. The van der Waals surface area contributed by atoms with Crippen LogP contribution < -0.4 is 0 Å². The van der Waals surface area contributed by atoms with Gasteiger partial charge in [0, 0.05) is 31.5 Å². The average Bonchev–Trinajstić information content (AvgIpc) is 2.67. The summed E-state index contributed by atoms with van der Waals surface area (Å²) in [6.07, 6.45) is 4.53. The number of nitrogens with zero attached hydrogens (tertiary/aromatic N) is 1. The van der Waals surface area contributed by atoms with Crippen molar-refractivity contribution >= 4 is 0 Å². The van der Waals surface area contributed by atoms with Gasteiger partial charge in [0.15, 0.2) is 0 Å². The first-order chi connectivity index (χ1) is 6.42. The number of ether oxygens (including phenoxy) is 1. The standard InChI is InChI=1S/C10H13NO2/c12-7-9-3-5-13-10(9)8-2-1-4-11-6-8/h1-2,4,6,9-10,12H,3,5,7H2. The molecule has 70 valence electrons. The largest absolute Gasteiger partial charge is 0.396 e. The van der Waals surface area contributed by atoms with Gasteiger partial charge in [0.05, 0.1) is 6.10 Å². The molecule has 3 nitrogen and oxygen atoms in total. The number of hydrogen-bond donors (Lipinski definition) is 1. The van der Waals surface area contributed by atoms with Gasteiger partial charge in [0.2, 0.25) is 0 Å². The van der Waals surface area contributed by atoms with Crippen LogP contribution in [0.25, 0.3) is 0 Å². The fourth-order valence-electron chi connectivity index (χ4n) is 1.73. The van der Waals surface area contributed by atoms with Crippen molar-refractivity contribution in [3.63, 3.8) is 0 Å². The van der Waals surface area contributed by atoms with Crippen LogP contribution in [0.15, 0.2) is 24.5 Å². The molecule has 1 aliphatic rings. The summed E-state index contributed by atoms with van der Waals surface area (Å²) in [7, 11) is 0. The van der Waals surface area contributed by atoms with Crippen molar-refractivity contribution in [3.05, 3.63) is 30.1 Å². The molecule has 3 heteroatoms. The first-order valence-corrected chi connectivity index (χ1v) is 4.54. The molecule has 0 aliphatic carbocycles. The van der Waals surface area contributed by atoms with Crippen molar-refractivity contribution in [1.29, 1.82) is 0 Å². The zero-order chi connectivity index (χ0) is 9.10. The number of aliphatic hydroxyl groups excluding tert-OH is 1. The van der Waals surface area contributed by atoms with Crippen molar-refractivity contribution in [2.75, 3.05) is 13.2 Å². The fourth-order valence-corrected chi connectivity index (χ4v) is 1.73. The first-order valence-electron chi connectivity index (χ1n) is 4.54. The van der Waals surface area contributed by atoms with Crippen LogP contribution in [0.3, 0.4) is 0 Å². The van der Waals surface area contributed by atoms with Gasteiger partial charge in [0.25, 0.3) is 0 Å². The molecule has 0 amide bonds. The van der Waals surface area contributed by atoms with Gasteiger partial charge in [0.1, 0.15) is 0 Å². The third kappa shape index (κ3) is 1.71. The molecule has 0 bridgehead atoms. The second-order valence-corrected chi connectivity index (χ2v) is 3.31. The minimum absolute atomic E-state index is 0.0405. The van der Waals surface area contributed by atoms with E-state index in [1.807, 2.05) is 12.1 Å². The zero-order valence-corrected chi connectivity index (χ0v) is 7.39. The average molecular weight is 179 g/mol. The highest BCUT2D eigenvalue weighted by Gasteiger charge is 2.28. The summed E-state index contributed by atoms with van der Waals surface area (Å²) in [4.78, 5) is 4.04. The van der Waals surface area contributed by atoms with Crippen molar-refractivity contribution in [3.8, 4) is 0 Å². The molecule has 1 aromatic heterocycles. The van der Waals surface area contributed by atoms with E-state index >= 15 is 0 Å². The van der Waals surface area contributed by atoms with Crippen LogP contribution in [-0.4, -0.2) is 23.3 Å². The second kappa shape index (κ2) is 3.85. The molecule has 0 aromatic carbocycles. The van der Waals surface area contributed by atoms with Crippen LogP contribution in [0.4, 0.5) is 0 Å². The smallest absolute Gasteiger partial charge is 0.0890 e. The molecule has 2 unspecified atom stereocenters. The van der Waals surface area contributed by atoms with E-state index in [-0.39, 0.29) is 18.6 Å². The van der Waals surface area contributed by atoms with Crippen LogP contribution in [-0.2, 0) is 4.74 Å². The van der Waals surface area contributed by atoms with Crippen molar-refractivity contribution in [1.82, 2.24) is 4.98 Å². The molecule has 0 radical (unpaired) electrons. The third-order valence-corrected chi connectivity index (χ3v) is 2.46. The monoisotopic (exact) mass is 179 g/mol. The predicted octanol–water partition coefficient (Wildman–Crippen LogP) is 1.15. The Bertz CT molecular complexity index is 263. The van der Waals surface area contributed by atoms with Crippen molar-refractivity contribution in [2.24, 2.45) is 5.92 Å². The summed E-state index contributed by atoms with van der Waals surface area (Å²) in [6, 6.07) is 3.89. The number of pyridine rings is 1. The van der Waals surface area contributed by atoms with Crippen LogP contribution in [0.2, 0.25) is 0 Å². The Kier molecular flexibility index (Phi) is 2.57. The van der Waals surface area contributed by atoms with E-state index in [2.05, 4.69) is 4.98 Å². The number of aliphatic hydroxyl groups is 1. The summed E-state index contributed by atoms with van der Waals surface area (Å²) in [5.74, 6) is 0.240. The van der Waals surface area contributed by atoms with Gasteiger partial charge in [-0.1, -0.05) is 6.07 Å². The Balaban J connectivity index is 2.16. The molecule has 2 heterocycles. The summed E-state index contributed by atoms with van der Waals surface area (Å²) >= 11 is 0. The molecule has 1 N–H and O–H groups in total. The van der Waals surface area contributed by atoms with Gasteiger partial charge in [-0.2, -0.15) is 0 Å². The van der Waals surface area contributed by atoms with Crippen LogP contribution in [0.1, 0.15) is 18.1 Å². The number of hydrogen-bond acceptors (Lipinski definition) is 3. The molecule has 1 aromatic rings. The topological polar surface area (TPSA) is 42.4 Å². The van der Waals surface area contributed by atoms with Crippen LogP contribution in [0, 0.1) is 5.92 Å². The van der Waals surface area contributed by atoms with E-state index in [0.717, 1.165) is 18.6 Å². The molecule has 0 saturated carbocycles. The molecule has 13 heavy (non-hydrogen) atoms.